The van der Waals surface area contributed by atoms with Gasteiger partial charge < -0.3 is 16.2 Å². The summed E-state index contributed by atoms with van der Waals surface area (Å²) in [5, 5.41) is 13.0. The third-order valence-electron chi connectivity index (χ3n) is 3.54. The molecule has 0 aromatic carbocycles. The molecule has 0 heterocycles. The van der Waals surface area contributed by atoms with Gasteiger partial charge in [0.15, 0.2) is 0 Å². The van der Waals surface area contributed by atoms with Crippen molar-refractivity contribution >= 4 is 5.91 Å². The van der Waals surface area contributed by atoms with E-state index >= 15 is 0 Å². The average molecular weight is 228 g/mol. The van der Waals surface area contributed by atoms with Gasteiger partial charge in [-0.2, -0.15) is 0 Å². The molecule has 0 unspecified atom stereocenters. The molecule has 1 atom stereocenters. The van der Waals surface area contributed by atoms with Crippen LogP contribution in [0.25, 0.3) is 0 Å². The van der Waals surface area contributed by atoms with Gasteiger partial charge in [0.05, 0.1) is 11.6 Å². The summed E-state index contributed by atoms with van der Waals surface area (Å²) in [5.41, 5.74) is 5.02. The Kier molecular flexibility index (Phi) is 3.97. The molecule has 0 aromatic rings. The summed E-state index contributed by atoms with van der Waals surface area (Å²) >= 11 is 0. The average Bonchev–Trinajstić information content (AvgIpc) is 2.20. The highest BCUT2D eigenvalue weighted by Crippen LogP contribution is 2.39. The van der Waals surface area contributed by atoms with E-state index in [1.165, 1.54) is 0 Å². The Balaban J connectivity index is 2.40. The van der Waals surface area contributed by atoms with Gasteiger partial charge in [-0.25, -0.2) is 0 Å². The summed E-state index contributed by atoms with van der Waals surface area (Å²) < 4.78 is 0. The van der Waals surface area contributed by atoms with Crippen molar-refractivity contribution in [3.05, 3.63) is 0 Å². The third-order valence-corrected chi connectivity index (χ3v) is 3.54. The maximum Gasteiger partial charge on any atom is 0.236 e. The summed E-state index contributed by atoms with van der Waals surface area (Å²) in [5.74, 6) is -0.196. The molecule has 4 heteroatoms. The van der Waals surface area contributed by atoms with Crippen LogP contribution in [0.5, 0.6) is 0 Å². The number of rotatable bonds is 3. The number of nitrogens with two attached hydrogens (primary N) is 1. The number of aliphatic hydroxyl groups is 1. The van der Waals surface area contributed by atoms with Gasteiger partial charge in [0.2, 0.25) is 5.91 Å². The molecular formula is C12H24N2O2. The highest BCUT2D eigenvalue weighted by Gasteiger charge is 2.36. The lowest BCUT2D eigenvalue weighted by atomic mass is 9.71. The Morgan fingerprint density at radius 2 is 1.88 bits per heavy atom. The number of nitrogens with one attached hydrogen (secondary N) is 1. The minimum atomic E-state index is -0.736. The quantitative estimate of drug-likeness (QED) is 0.668. The zero-order valence-electron chi connectivity index (χ0n) is 10.5. The van der Waals surface area contributed by atoms with Crippen molar-refractivity contribution in [1.29, 1.82) is 0 Å². The SMILES string of the molecule is C[C@@H](N)C(=O)NCC1(O)CCC(C)(C)CC1. The van der Waals surface area contributed by atoms with Crippen LogP contribution in [0.1, 0.15) is 46.5 Å². The summed E-state index contributed by atoms with van der Waals surface area (Å²) in [7, 11) is 0. The van der Waals surface area contributed by atoms with E-state index in [0.29, 0.717) is 12.0 Å². The highest BCUT2D eigenvalue weighted by atomic mass is 16.3. The van der Waals surface area contributed by atoms with E-state index in [4.69, 9.17) is 5.73 Å². The van der Waals surface area contributed by atoms with E-state index in [2.05, 4.69) is 19.2 Å². The van der Waals surface area contributed by atoms with E-state index in [0.717, 1.165) is 25.7 Å². The molecule has 0 saturated heterocycles. The molecule has 0 bridgehead atoms. The van der Waals surface area contributed by atoms with Crippen molar-refractivity contribution in [3.8, 4) is 0 Å². The topological polar surface area (TPSA) is 75.4 Å². The van der Waals surface area contributed by atoms with Crippen molar-refractivity contribution in [3.63, 3.8) is 0 Å². The van der Waals surface area contributed by atoms with E-state index in [1.54, 1.807) is 6.92 Å². The lowest BCUT2D eigenvalue weighted by molar-refractivity contribution is -0.123. The molecular weight excluding hydrogens is 204 g/mol. The van der Waals surface area contributed by atoms with E-state index < -0.39 is 11.6 Å². The highest BCUT2D eigenvalue weighted by molar-refractivity contribution is 5.81. The van der Waals surface area contributed by atoms with Crippen LogP contribution in [-0.4, -0.2) is 29.2 Å². The predicted octanol–water partition coefficient (Wildman–Crippen LogP) is 0.781. The molecule has 1 rings (SSSR count). The van der Waals surface area contributed by atoms with Crippen LogP contribution in [-0.2, 0) is 4.79 Å². The Morgan fingerprint density at radius 3 is 2.31 bits per heavy atom. The smallest absolute Gasteiger partial charge is 0.236 e. The first-order valence-corrected chi connectivity index (χ1v) is 6.00. The van der Waals surface area contributed by atoms with Gasteiger partial charge in [-0.15, -0.1) is 0 Å². The fraction of sp³-hybridized carbons (Fsp3) is 0.917. The fourth-order valence-electron chi connectivity index (χ4n) is 1.98. The minimum absolute atomic E-state index is 0.196. The predicted molar refractivity (Wildman–Crippen MR) is 63.9 cm³/mol. The van der Waals surface area contributed by atoms with Crippen LogP contribution in [0.15, 0.2) is 0 Å². The molecule has 0 spiro atoms. The summed E-state index contributed by atoms with van der Waals surface area (Å²) in [6.07, 6.45) is 3.49. The summed E-state index contributed by atoms with van der Waals surface area (Å²) in [6, 6.07) is -0.511. The zero-order chi connectivity index (χ0) is 12.4. The first kappa shape index (κ1) is 13.5. The number of carbonyl (C=O) groups is 1. The van der Waals surface area contributed by atoms with Gasteiger partial charge in [-0.1, -0.05) is 13.8 Å². The molecule has 1 saturated carbocycles. The van der Waals surface area contributed by atoms with Crippen molar-refractivity contribution < 1.29 is 9.90 Å². The zero-order valence-corrected chi connectivity index (χ0v) is 10.5. The first-order valence-electron chi connectivity index (χ1n) is 6.00. The number of hydrogen-bond acceptors (Lipinski definition) is 3. The van der Waals surface area contributed by atoms with Gasteiger partial charge in [0.1, 0.15) is 0 Å². The van der Waals surface area contributed by atoms with Crippen molar-refractivity contribution in [2.75, 3.05) is 6.54 Å². The van der Waals surface area contributed by atoms with Gasteiger partial charge in [0, 0.05) is 6.54 Å². The monoisotopic (exact) mass is 228 g/mol. The second-order valence-electron chi connectivity index (χ2n) is 5.90. The van der Waals surface area contributed by atoms with E-state index in [1.807, 2.05) is 0 Å². The van der Waals surface area contributed by atoms with Gasteiger partial charge in [-0.3, -0.25) is 4.79 Å². The second-order valence-corrected chi connectivity index (χ2v) is 5.90. The molecule has 4 nitrogen and oxygen atoms in total. The first-order chi connectivity index (χ1) is 7.24. The Hall–Kier alpha value is -0.610. The number of hydrogen-bond donors (Lipinski definition) is 3. The van der Waals surface area contributed by atoms with Crippen LogP contribution in [0.2, 0.25) is 0 Å². The van der Waals surface area contributed by atoms with Gasteiger partial charge >= 0.3 is 0 Å². The van der Waals surface area contributed by atoms with Crippen molar-refractivity contribution in [1.82, 2.24) is 5.32 Å². The summed E-state index contributed by atoms with van der Waals surface area (Å²) in [6.45, 7) is 6.40. The van der Waals surface area contributed by atoms with Crippen LogP contribution in [0, 0.1) is 5.41 Å². The Morgan fingerprint density at radius 1 is 1.38 bits per heavy atom. The lowest BCUT2D eigenvalue weighted by Gasteiger charge is -2.40. The second kappa shape index (κ2) is 4.72. The van der Waals surface area contributed by atoms with Crippen LogP contribution in [0.4, 0.5) is 0 Å². The third kappa shape index (κ3) is 3.76. The molecule has 1 aliphatic carbocycles. The molecule has 0 radical (unpaired) electrons. The summed E-state index contributed by atoms with van der Waals surface area (Å²) in [4.78, 5) is 11.3. The van der Waals surface area contributed by atoms with E-state index in [-0.39, 0.29) is 5.91 Å². The molecule has 1 fully saturated rings. The van der Waals surface area contributed by atoms with Crippen molar-refractivity contribution in [2.45, 2.75) is 58.1 Å². The van der Waals surface area contributed by atoms with E-state index in [9.17, 15) is 9.90 Å². The molecule has 94 valence electrons. The van der Waals surface area contributed by atoms with Crippen LogP contribution in [0.3, 0.4) is 0 Å². The molecule has 0 aromatic heterocycles. The Labute approximate surface area is 97.6 Å². The number of amides is 1. The molecule has 4 N–H and O–H groups in total. The standard InChI is InChI=1S/C12H24N2O2/c1-9(13)10(15)14-8-12(16)6-4-11(2,3)5-7-12/h9,16H,4-8,13H2,1-3H3,(H,14,15)/t9-/m1/s1. The molecule has 16 heavy (non-hydrogen) atoms. The lowest BCUT2D eigenvalue weighted by Crippen LogP contribution is -2.49. The van der Waals surface area contributed by atoms with Crippen LogP contribution < -0.4 is 11.1 Å². The van der Waals surface area contributed by atoms with Crippen molar-refractivity contribution in [2.24, 2.45) is 11.1 Å². The normalized spacial score (nSPS) is 24.8. The van der Waals surface area contributed by atoms with Gasteiger partial charge in [-0.05, 0) is 38.0 Å². The molecule has 1 amide bonds. The maximum absolute atomic E-state index is 11.3. The molecule has 1 aliphatic rings. The largest absolute Gasteiger partial charge is 0.388 e. The fourth-order valence-corrected chi connectivity index (χ4v) is 1.98. The molecule has 0 aliphatic heterocycles. The Bertz CT molecular complexity index is 252. The minimum Gasteiger partial charge on any atom is -0.388 e. The van der Waals surface area contributed by atoms with Crippen LogP contribution >= 0.6 is 0 Å². The maximum atomic E-state index is 11.3. The van der Waals surface area contributed by atoms with Gasteiger partial charge in [0.25, 0.3) is 0 Å². The number of carbonyl (C=O) groups excluding carboxylic acids is 1.